The molecule has 16 heavy (non-hydrogen) atoms. The van der Waals surface area contributed by atoms with Crippen molar-refractivity contribution in [3.63, 3.8) is 0 Å². The van der Waals surface area contributed by atoms with Crippen LogP contribution in [0.1, 0.15) is 23.2 Å². The van der Waals surface area contributed by atoms with Gasteiger partial charge in [-0.05, 0) is 40.5 Å². The monoisotopic (exact) mass is 301 g/mol. The van der Waals surface area contributed by atoms with Gasteiger partial charge in [0.25, 0.3) is 5.91 Å². The second-order valence-corrected chi connectivity index (χ2v) is 4.87. The van der Waals surface area contributed by atoms with Crippen molar-refractivity contribution in [2.24, 2.45) is 0 Å². The molecule has 0 aliphatic carbocycles. The van der Waals surface area contributed by atoms with E-state index in [1.165, 1.54) is 4.90 Å². The second kappa shape index (κ2) is 4.55. The van der Waals surface area contributed by atoms with E-state index in [4.69, 9.17) is 11.6 Å². The lowest BCUT2D eigenvalue weighted by molar-refractivity contribution is -0.125. The highest BCUT2D eigenvalue weighted by atomic mass is 79.9. The Hall–Kier alpha value is -0.870. The van der Waals surface area contributed by atoms with E-state index in [-0.39, 0.29) is 11.8 Å². The summed E-state index contributed by atoms with van der Waals surface area (Å²) in [7, 11) is 0. The molecule has 0 radical (unpaired) electrons. The van der Waals surface area contributed by atoms with E-state index in [1.54, 1.807) is 18.2 Å². The quantitative estimate of drug-likeness (QED) is 0.748. The van der Waals surface area contributed by atoms with Crippen LogP contribution in [0.4, 0.5) is 0 Å². The lowest BCUT2D eigenvalue weighted by Gasteiger charge is -2.14. The zero-order chi connectivity index (χ0) is 11.7. The number of amides is 2. The smallest absolute Gasteiger partial charge is 0.261 e. The second-order valence-electron chi connectivity index (χ2n) is 3.58. The molecule has 1 heterocycles. The topological polar surface area (TPSA) is 37.4 Å². The average Bonchev–Trinajstić information content (AvgIpc) is 2.63. The van der Waals surface area contributed by atoms with Gasteiger partial charge < -0.3 is 0 Å². The number of hydrogen-bond acceptors (Lipinski definition) is 2. The van der Waals surface area contributed by atoms with Crippen LogP contribution in [0.2, 0.25) is 5.02 Å². The number of carbonyl (C=O) groups is 2. The summed E-state index contributed by atoms with van der Waals surface area (Å²) in [4.78, 5) is 24.7. The molecule has 1 aliphatic heterocycles. The predicted octanol–water partition coefficient (Wildman–Crippen LogP) is 2.87. The minimum Gasteiger partial charge on any atom is -0.278 e. The van der Waals surface area contributed by atoms with E-state index >= 15 is 0 Å². The van der Waals surface area contributed by atoms with Gasteiger partial charge >= 0.3 is 0 Å². The van der Waals surface area contributed by atoms with E-state index in [0.29, 0.717) is 28.0 Å². The molecule has 0 atom stereocenters. The molecule has 2 amide bonds. The first-order valence-electron chi connectivity index (χ1n) is 4.89. The number of carbonyl (C=O) groups excluding carboxylic acids is 2. The highest BCUT2D eigenvalue weighted by Gasteiger charge is 2.28. The third kappa shape index (κ3) is 2.13. The molecular formula is C11H9BrClNO2. The van der Waals surface area contributed by atoms with E-state index < -0.39 is 0 Å². The third-order valence-corrected chi connectivity index (χ3v) is 3.37. The van der Waals surface area contributed by atoms with Crippen LogP contribution in [-0.4, -0.2) is 23.3 Å². The Kier molecular flexibility index (Phi) is 3.30. The highest BCUT2D eigenvalue weighted by molar-refractivity contribution is 9.10. The van der Waals surface area contributed by atoms with Gasteiger partial charge in [0.05, 0.1) is 5.56 Å². The van der Waals surface area contributed by atoms with Crippen LogP contribution < -0.4 is 0 Å². The van der Waals surface area contributed by atoms with Gasteiger partial charge in [-0.1, -0.05) is 11.6 Å². The molecule has 0 bridgehead atoms. The van der Waals surface area contributed by atoms with Crippen LogP contribution >= 0.6 is 27.5 Å². The molecule has 0 N–H and O–H groups in total. The molecule has 5 heteroatoms. The van der Waals surface area contributed by atoms with Crippen LogP contribution in [0.3, 0.4) is 0 Å². The Bertz CT molecular complexity index is 461. The standard InChI is InChI=1S/C11H9BrClNO2/c12-9-6-7(13)3-4-8(9)11(16)14-5-1-2-10(14)15/h3-4,6H,1-2,5H2. The van der Waals surface area contributed by atoms with E-state index in [2.05, 4.69) is 15.9 Å². The van der Waals surface area contributed by atoms with Gasteiger partial charge in [-0.3, -0.25) is 14.5 Å². The summed E-state index contributed by atoms with van der Waals surface area (Å²) in [6.07, 6.45) is 1.20. The number of hydrogen-bond donors (Lipinski definition) is 0. The number of imide groups is 1. The normalized spacial score (nSPS) is 15.6. The van der Waals surface area contributed by atoms with E-state index in [0.717, 1.165) is 6.42 Å². The summed E-state index contributed by atoms with van der Waals surface area (Å²) in [5.74, 6) is -0.363. The zero-order valence-electron chi connectivity index (χ0n) is 8.37. The van der Waals surface area contributed by atoms with Crippen molar-refractivity contribution in [3.8, 4) is 0 Å². The van der Waals surface area contributed by atoms with Crippen LogP contribution in [0.5, 0.6) is 0 Å². The van der Waals surface area contributed by atoms with Crippen molar-refractivity contribution < 1.29 is 9.59 Å². The first kappa shape index (κ1) is 11.6. The molecule has 2 rings (SSSR count). The average molecular weight is 303 g/mol. The van der Waals surface area contributed by atoms with Crippen LogP contribution in [0, 0.1) is 0 Å². The first-order chi connectivity index (χ1) is 7.59. The minimum atomic E-state index is -0.258. The lowest BCUT2D eigenvalue weighted by Crippen LogP contribution is -2.32. The first-order valence-corrected chi connectivity index (χ1v) is 6.06. The molecule has 1 aliphatic rings. The van der Waals surface area contributed by atoms with Crippen molar-refractivity contribution in [1.82, 2.24) is 4.90 Å². The lowest BCUT2D eigenvalue weighted by atomic mass is 10.2. The van der Waals surface area contributed by atoms with Gasteiger partial charge in [-0.2, -0.15) is 0 Å². The third-order valence-electron chi connectivity index (χ3n) is 2.48. The maximum absolute atomic E-state index is 12.0. The van der Waals surface area contributed by atoms with Crippen LogP contribution in [0.25, 0.3) is 0 Å². The van der Waals surface area contributed by atoms with Crippen molar-refractivity contribution in [3.05, 3.63) is 33.3 Å². The van der Waals surface area contributed by atoms with Gasteiger partial charge in [0.1, 0.15) is 0 Å². The minimum absolute atomic E-state index is 0.105. The predicted molar refractivity (Wildman–Crippen MR) is 64.4 cm³/mol. The summed E-state index contributed by atoms with van der Waals surface area (Å²) in [5, 5.41) is 0.552. The summed E-state index contributed by atoms with van der Waals surface area (Å²) in [6, 6.07) is 4.91. The van der Waals surface area contributed by atoms with E-state index in [9.17, 15) is 9.59 Å². The van der Waals surface area contributed by atoms with Gasteiger partial charge in [-0.25, -0.2) is 0 Å². The Balaban J connectivity index is 2.30. The van der Waals surface area contributed by atoms with Crippen molar-refractivity contribution in [2.45, 2.75) is 12.8 Å². The number of nitrogens with zero attached hydrogens (tertiary/aromatic N) is 1. The number of halogens is 2. The molecule has 1 aromatic rings. The van der Waals surface area contributed by atoms with Gasteiger partial charge in [0.2, 0.25) is 5.91 Å². The summed E-state index contributed by atoms with van der Waals surface area (Å²) in [6.45, 7) is 0.507. The SMILES string of the molecule is O=C1CCCN1C(=O)c1ccc(Cl)cc1Br. The van der Waals surface area contributed by atoms with Crippen LogP contribution in [0.15, 0.2) is 22.7 Å². The summed E-state index contributed by atoms with van der Waals surface area (Å²) in [5.41, 5.74) is 0.472. The maximum Gasteiger partial charge on any atom is 0.261 e. The number of likely N-dealkylation sites (tertiary alicyclic amines) is 1. The molecule has 3 nitrogen and oxygen atoms in total. The Morgan fingerprint density at radius 3 is 2.75 bits per heavy atom. The number of rotatable bonds is 1. The van der Waals surface area contributed by atoms with Crippen molar-refractivity contribution >= 4 is 39.3 Å². The molecular weight excluding hydrogens is 293 g/mol. The molecule has 84 valence electrons. The molecule has 1 fully saturated rings. The number of benzene rings is 1. The highest BCUT2D eigenvalue weighted by Crippen LogP contribution is 2.24. The molecule has 0 aromatic heterocycles. The fourth-order valence-corrected chi connectivity index (χ4v) is 2.52. The Labute approximate surface area is 107 Å². The van der Waals surface area contributed by atoms with Crippen molar-refractivity contribution in [1.29, 1.82) is 0 Å². The fourth-order valence-electron chi connectivity index (χ4n) is 1.67. The largest absolute Gasteiger partial charge is 0.278 e. The Morgan fingerprint density at radius 1 is 1.44 bits per heavy atom. The molecule has 0 saturated carbocycles. The van der Waals surface area contributed by atoms with Crippen LogP contribution in [-0.2, 0) is 4.79 Å². The fraction of sp³-hybridized carbons (Fsp3) is 0.273. The molecule has 1 aromatic carbocycles. The van der Waals surface area contributed by atoms with Crippen molar-refractivity contribution in [2.75, 3.05) is 6.54 Å². The summed E-state index contributed by atoms with van der Waals surface area (Å²) < 4.78 is 0.615. The van der Waals surface area contributed by atoms with Gasteiger partial charge in [0.15, 0.2) is 0 Å². The zero-order valence-corrected chi connectivity index (χ0v) is 10.7. The van der Waals surface area contributed by atoms with E-state index in [1.807, 2.05) is 0 Å². The summed E-state index contributed by atoms with van der Waals surface area (Å²) >= 11 is 9.06. The Morgan fingerprint density at radius 2 is 2.19 bits per heavy atom. The molecule has 1 saturated heterocycles. The van der Waals surface area contributed by atoms with Gasteiger partial charge in [-0.15, -0.1) is 0 Å². The molecule has 0 unspecified atom stereocenters. The van der Waals surface area contributed by atoms with Gasteiger partial charge in [0, 0.05) is 22.5 Å². The maximum atomic E-state index is 12.0. The molecule has 0 spiro atoms.